The summed E-state index contributed by atoms with van der Waals surface area (Å²) in [5.74, 6) is 0.519. The third-order valence-electron chi connectivity index (χ3n) is 4.18. The Labute approximate surface area is 104 Å². The smallest absolute Gasteiger partial charge is 0.151 e. The molecule has 0 radical (unpaired) electrons. The minimum absolute atomic E-state index is 0.128. The van der Waals surface area contributed by atoms with Crippen molar-refractivity contribution in [2.24, 2.45) is 5.92 Å². The lowest BCUT2D eigenvalue weighted by Crippen LogP contribution is -2.41. The standard InChI is InChI=1S/C12H23NO3S/c1-17(15,16)12-4-2-3-11(12)13-8-9-5-6-10(14)7-9/h9-14H,2-8H2,1H3. The SMILES string of the molecule is CS(=O)(=O)C1CCCC1NCC1CCC(O)C1. The van der Waals surface area contributed by atoms with Crippen LogP contribution in [0.4, 0.5) is 0 Å². The van der Waals surface area contributed by atoms with Crippen LogP contribution in [-0.4, -0.2) is 43.7 Å². The van der Waals surface area contributed by atoms with Gasteiger partial charge in [0.25, 0.3) is 0 Å². The van der Waals surface area contributed by atoms with Crippen molar-refractivity contribution < 1.29 is 13.5 Å². The number of sulfone groups is 1. The summed E-state index contributed by atoms with van der Waals surface area (Å²) in [4.78, 5) is 0. The number of hydrogen-bond donors (Lipinski definition) is 2. The molecule has 2 rings (SSSR count). The first-order valence-electron chi connectivity index (χ1n) is 6.57. The van der Waals surface area contributed by atoms with E-state index < -0.39 is 9.84 Å². The topological polar surface area (TPSA) is 66.4 Å². The maximum absolute atomic E-state index is 11.6. The second-order valence-electron chi connectivity index (χ2n) is 5.65. The van der Waals surface area contributed by atoms with Crippen molar-refractivity contribution in [1.82, 2.24) is 5.32 Å². The number of nitrogens with one attached hydrogen (secondary N) is 1. The van der Waals surface area contributed by atoms with E-state index in [0.717, 1.165) is 45.1 Å². The molecule has 100 valence electrons. The lowest BCUT2D eigenvalue weighted by atomic mass is 10.1. The van der Waals surface area contributed by atoms with Crippen LogP contribution in [0, 0.1) is 5.92 Å². The molecular weight excluding hydrogens is 238 g/mol. The molecule has 0 heterocycles. The molecule has 2 saturated carbocycles. The van der Waals surface area contributed by atoms with E-state index in [2.05, 4.69) is 5.32 Å². The van der Waals surface area contributed by atoms with Crippen molar-refractivity contribution in [3.63, 3.8) is 0 Å². The number of rotatable bonds is 4. The fourth-order valence-corrected chi connectivity index (χ4v) is 4.65. The highest BCUT2D eigenvalue weighted by Crippen LogP contribution is 2.28. The molecule has 2 aliphatic rings. The molecule has 2 N–H and O–H groups in total. The second-order valence-corrected chi connectivity index (χ2v) is 7.91. The highest BCUT2D eigenvalue weighted by Gasteiger charge is 2.35. The van der Waals surface area contributed by atoms with E-state index >= 15 is 0 Å². The predicted molar refractivity (Wildman–Crippen MR) is 67.6 cm³/mol. The van der Waals surface area contributed by atoms with Gasteiger partial charge in [-0.3, -0.25) is 0 Å². The third kappa shape index (κ3) is 3.42. The van der Waals surface area contributed by atoms with Crippen LogP contribution in [0.1, 0.15) is 38.5 Å². The zero-order valence-electron chi connectivity index (χ0n) is 10.4. The normalized spacial score (nSPS) is 38.7. The number of aliphatic hydroxyl groups is 1. The largest absolute Gasteiger partial charge is 0.393 e. The first-order valence-corrected chi connectivity index (χ1v) is 8.52. The monoisotopic (exact) mass is 261 g/mol. The van der Waals surface area contributed by atoms with Crippen molar-refractivity contribution in [3.8, 4) is 0 Å². The van der Waals surface area contributed by atoms with Crippen LogP contribution in [0.5, 0.6) is 0 Å². The summed E-state index contributed by atoms with van der Waals surface area (Å²) in [6, 6.07) is 0.128. The van der Waals surface area contributed by atoms with Gasteiger partial charge in [-0.15, -0.1) is 0 Å². The Morgan fingerprint density at radius 2 is 2.00 bits per heavy atom. The number of hydrogen-bond acceptors (Lipinski definition) is 4. The van der Waals surface area contributed by atoms with E-state index in [4.69, 9.17) is 0 Å². The molecular formula is C12H23NO3S. The quantitative estimate of drug-likeness (QED) is 0.782. The van der Waals surface area contributed by atoms with E-state index in [-0.39, 0.29) is 17.4 Å². The van der Waals surface area contributed by atoms with Crippen LogP contribution in [0.3, 0.4) is 0 Å². The fraction of sp³-hybridized carbons (Fsp3) is 1.00. The van der Waals surface area contributed by atoms with Crippen molar-refractivity contribution in [1.29, 1.82) is 0 Å². The van der Waals surface area contributed by atoms with Crippen molar-refractivity contribution >= 4 is 9.84 Å². The van der Waals surface area contributed by atoms with Crippen molar-refractivity contribution in [3.05, 3.63) is 0 Å². The van der Waals surface area contributed by atoms with Crippen LogP contribution in [0.15, 0.2) is 0 Å². The van der Waals surface area contributed by atoms with Crippen LogP contribution >= 0.6 is 0 Å². The van der Waals surface area contributed by atoms with Gasteiger partial charge in [0.15, 0.2) is 9.84 Å². The maximum atomic E-state index is 11.6. The molecule has 0 aromatic rings. The molecule has 2 fully saturated rings. The van der Waals surface area contributed by atoms with E-state index in [9.17, 15) is 13.5 Å². The minimum atomic E-state index is -2.92. The van der Waals surface area contributed by atoms with Gasteiger partial charge < -0.3 is 10.4 Å². The average molecular weight is 261 g/mol. The van der Waals surface area contributed by atoms with Crippen LogP contribution in [0.25, 0.3) is 0 Å². The van der Waals surface area contributed by atoms with Gasteiger partial charge >= 0.3 is 0 Å². The lowest BCUT2D eigenvalue weighted by molar-refractivity contribution is 0.177. The Hall–Kier alpha value is -0.130. The molecule has 0 spiro atoms. The van der Waals surface area contributed by atoms with Crippen LogP contribution in [0.2, 0.25) is 0 Å². The van der Waals surface area contributed by atoms with Gasteiger partial charge in [0.05, 0.1) is 11.4 Å². The average Bonchev–Trinajstić information content (AvgIpc) is 2.81. The van der Waals surface area contributed by atoms with E-state index in [0.29, 0.717) is 5.92 Å². The molecule has 0 aliphatic heterocycles. The zero-order valence-corrected chi connectivity index (χ0v) is 11.2. The first kappa shape index (κ1) is 13.3. The summed E-state index contributed by atoms with van der Waals surface area (Å²) in [5.41, 5.74) is 0. The van der Waals surface area contributed by atoms with Gasteiger partial charge in [0, 0.05) is 12.3 Å². The van der Waals surface area contributed by atoms with Crippen LogP contribution in [-0.2, 0) is 9.84 Å². The van der Waals surface area contributed by atoms with Crippen molar-refractivity contribution in [2.75, 3.05) is 12.8 Å². The molecule has 17 heavy (non-hydrogen) atoms. The second kappa shape index (κ2) is 5.24. The van der Waals surface area contributed by atoms with Gasteiger partial charge in [-0.2, -0.15) is 0 Å². The summed E-state index contributed by atoms with van der Waals surface area (Å²) in [6.45, 7) is 0.855. The van der Waals surface area contributed by atoms with Crippen molar-refractivity contribution in [2.45, 2.75) is 55.9 Å². The summed E-state index contributed by atoms with van der Waals surface area (Å²) in [6.07, 6.45) is 6.78. The highest BCUT2D eigenvalue weighted by molar-refractivity contribution is 7.91. The predicted octanol–water partition coefficient (Wildman–Crippen LogP) is 0.703. The van der Waals surface area contributed by atoms with Gasteiger partial charge in [-0.25, -0.2) is 8.42 Å². The Kier molecular flexibility index (Phi) is 4.10. The summed E-state index contributed by atoms with van der Waals surface area (Å²) < 4.78 is 23.2. The van der Waals surface area contributed by atoms with Gasteiger partial charge in [-0.05, 0) is 44.6 Å². The highest BCUT2D eigenvalue weighted by atomic mass is 32.2. The maximum Gasteiger partial charge on any atom is 0.151 e. The molecule has 0 aromatic carbocycles. The van der Waals surface area contributed by atoms with Gasteiger partial charge in [0.2, 0.25) is 0 Å². The molecule has 5 heteroatoms. The summed E-state index contributed by atoms with van der Waals surface area (Å²) in [7, 11) is -2.92. The van der Waals surface area contributed by atoms with Gasteiger partial charge in [0.1, 0.15) is 0 Å². The molecule has 2 aliphatic carbocycles. The number of aliphatic hydroxyl groups excluding tert-OH is 1. The molecule has 0 amide bonds. The molecule has 0 bridgehead atoms. The Balaban J connectivity index is 1.82. The summed E-state index contributed by atoms with van der Waals surface area (Å²) >= 11 is 0. The fourth-order valence-electron chi connectivity index (χ4n) is 3.22. The van der Waals surface area contributed by atoms with Crippen LogP contribution < -0.4 is 5.32 Å². The Morgan fingerprint density at radius 1 is 1.24 bits per heavy atom. The Bertz CT molecular complexity index is 355. The molecule has 0 aromatic heterocycles. The van der Waals surface area contributed by atoms with E-state index in [1.54, 1.807) is 0 Å². The van der Waals surface area contributed by atoms with E-state index in [1.807, 2.05) is 0 Å². The lowest BCUT2D eigenvalue weighted by Gasteiger charge is -2.21. The minimum Gasteiger partial charge on any atom is -0.393 e. The summed E-state index contributed by atoms with van der Waals surface area (Å²) in [5, 5.41) is 12.7. The molecule has 4 atom stereocenters. The van der Waals surface area contributed by atoms with E-state index in [1.165, 1.54) is 6.26 Å². The molecule has 4 nitrogen and oxygen atoms in total. The molecule has 0 saturated heterocycles. The third-order valence-corrected chi connectivity index (χ3v) is 5.85. The zero-order chi connectivity index (χ0) is 12.5. The molecule has 4 unspecified atom stereocenters. The first-order chi connectivity index (χ1) is 7.97. The van der Waals surface area contributed by atoms with Gasteiger partial charge in [-0.1, -0.05) is 6.42 Å². The Morgan fingerprint density at radius 3 is 2.59 bits per heavy atom.